The summed E-state index contributed by atoms with van der Waals surface area (Å²) in [6.45, 7) is 3.07. The highest BCUT2D eigenvalue weighted by Crippen LogP contribution is 2.35. The Bertz CT molecular complexity index is 1260. The molecule has 0 N–H and O–H groups in total. The fourth-order valence-corrected chi connectivity index (χ4v) is 4.38. The number of carbonyl (C=O) groups is 4. The van der Waals surface area contributed by atoms with Crippen LogP contribution in [0.5, 0.6) is 0 Å². The number of carbonyl (C=O) groups excluding carboxylic acids is 4. The minimum absolute atomic E-state index is 0.499. The van der Waals surface area contributed by atoms with Gasteiger partial charge in [0.1, 0.15) is 18.2 Å². The Balaban J connectivity index is 2.70. The molecule has 2 aliphatic heterocycles. The van der Waals surface area contributed by atoms with E-state index in [2.05, 4.69) is 40.1 Å². The van der Waals surface area contributed by atoms with Gasteiger partial charge in [-0.25, -0.2) is 0 Å². The maximum atomic E-state index is 12.1. The highest BCUT2D eigenvalue weighted by atomic mass is 16.7. The van der Waals surface area contributed by atoms with Crippen molar-refractivity contribution in [3.8, 4) is 0 Å². The zero-order chi connectivity index (χ0) is 32.1. The Kier molecular flexibility index (Phi) is 13.1. The summed E-state index contributed by atoms with van der Waals surface area (Å²) >= 11 is 0. The van der Waals surface area contributed by atoms with Crippen molar-refractivity contribution in [3.05, 3.63) is 41.8 Å². The Morgan fingerprint density at radius 2 is 1.07 bits per heavy atom. The van der Waals surface area contributed by atoms with Crippen LogP contribution in [-0.2, 0) is 52.3 Å². The summed E-state index contributed by atoms with van der Waals surface area (Å²) in [5, 5.41) is 13.9. The van der Waals surface area contributed by atoms with E-state index >= 15 is 0 Å². The predicted molar refractivity (Wildman–Crippen MR) is 135 cm³/mol. The van der Waals surface area contributed by atoms with E-state index in [1.165, 1.54) is 0 Å². The van der Waals surface area contributed by atoms with Crippen molar-refractivity contribution in [2.24, 2.45) is 20.5 Å². The molecule has 0 aromatic carbocycles. The summed E-state index contributed by atoms with van der Waals surface area (Å²) in [7, 11) is 0. The molecule has 10 atom stereocenters. The molecule has 2 saturated heterocycles. The van der Waals surface area contributed by atoms with E-state index in [1.807, 2.05) is 0 Å². The first-order valence-corrected chi connectivity index (χ1v) is 12.2. The number of ether oxygens (including phenoxy) is 7. The molecule has 0 amide bonds. The fraction of sp³-hybridized carbons (Fsp3) is 0.800. The van der Waals surface area contributed by atoms with Gasteiger partial charge in [-0.05, 0) is 22.1 Å². The van der Waals surface area contributed by atoms with E-state index in [0.717, 1.165) is 27.7 Å². The molecule has 23 nitrogen and oxygen atoms in total. The highest BCUT2D eigenvalue weighted by Gasteiger charge is 2.55. The third kappa shape index (κ3) is 9.52. The predicted octanol–water partition coefficient (Wildman–Crippen LogP) is 2.16. The smallest absolute Gasteiger partial charge is 0.303 e. The molecule has 0 unspecified atom stereocenters. The maximum Gasteiger partial charge on any atom is 0.303 e. The van der Waals surface area contributed by atoms with Crippen LogP contribution in [0.3, 0.4) is 0 Å². The molecule has 2 fully saturated rings. The molecule has 0 aliphatic carbocycles. The van der Waals surface area contributed by atoms with Crippen LogP contribution in [0.2, 0.25) is 0 Å². The third-order valence-electron chi connectivity index (χ3n) is 5.72. The van der Waals surface area contributed by atoms with Crippen LogP contribution in [-0.4, -0.2) is 98.3 Å². The van der Waals surface area contributed by atoms with E-state index in [4.69, 9.17) is 49.8 Å². The molecule has 0 radical (unpaired) electrons. The van der Waals surface area contributed by atoms with E-state index < -0.39 is 98.3 Å². The van der Waals surface area contributed by atoms with Crippen molar-refractivity contribution >= 4 is 23.9 Å². The summed E-state index contributed by atoms with van der Waals surface area (Å²) < 4.78 is 38.8. The summed E-state index contributed by atoms with van der Waals surface area (Å²) in [4.78, 5) is 58.6. The van der Waals surface area contributed by atoms with E-state index in [1.54, 1.807) is 0 Å². The Labute approximate surface area is 241 Å². The van der Waals surface area contributed by atoms with Gasteiger partial charge in [0.15, 0.2) is 36.9 Å². The Hall–Kier alpha value is -5.00. The van der Waals surface area contributed by atoms with Crippen molar-refractivity contribution in [1.82, 2.24) is 0 Å². The zero-order valence-corrected chi connectivity index (χ0v) is 23.0. The largest absolute Gasteiger partial charge is 0.458 e. The lowest BCUT2D eigenvalue weighted by molar-refractivity contribution is -0.316. The Morgan fingerprint density at radius 3 is 1.56 bits per heavy atom. The van der Waals surface area contributed by atoms with Gasteiger partial charge in [-0.2, -0.15) is 0 Å². The summed E-state index contributed by atoms with van der Waals surface area (Å²) in [5.41, 5.74) is 36.2. The molecule has 0 bridgehead atoms. The van der Waals surface area contributed by atoms with E-state index in [9.17, 15) is 24.7 Å². The topological polar surface area (TPSA) is 328 Å². The summed E-state index contributed by atoms with van der Waals surface area (Å²) in [6, 6.07) is -1.61. The Morgan fingerprint density at radius 1 is 0.605 bits per heavy atom. The number of esters is 4. The average Bonchev–Trinajstić information content (AvgIpc) is 2.92. The van der Waals surface area contributed by atoms with Crippen LogP contribution in [0.25, 0.3) is 41.8 Å². The normalized spacial score (nSPS) is 31.3. The van der Waals surface area contributed by atoms with Gasteiger partial charge in [-0.15, -0.1) is 0 Å². The number of hydrogen-bond acceptors (Lipinski definition) is 15. The van der Waals surface area contributed by atoms with Crippen LogP contribution in [0.4, 0.5) is 0 Å². The van der Waals surface area contributed by atoms with Gasteiger partial charge in [-0.1, -0.05) is 20.5 Å². The van der Waals surface area contributed by atoms with Gasteiger partial charge in [-0.3, -0.25) is 19.2 Å². The molecule has 43 heavy (non-hydrogen) atoms. The second-order valence-electron chi connectivity index (χ2n) is 8.73. The number of hydrogen-bond donors (Lipinski definition) is 0. The quantitative estimate of drug-likeness (QED) is 0.101. The van der Waals surface area contributed by atoms with E-state index in [0.29, 0.717) is 0 Å². The molecular weight excluding hydrogens is 584 g/mol. The van der Waals surface area contributed by atoms with Crippen LogP contribution in [0, 0.1) is 0 Å². The fourth-order valence-electron chi connectivity index (χ4n) is 4.38. The van der Waals surface area contributed by atoms with Crippen molar-refractivity contribution < 1.29 is 52.3 Å². The monoisotopic (exact) mass is 610 g/mol. The standard InChI is InChI=1S/C20H26N12O11/c1-7(33)37-14-12(6-26-30-22)42-20(13(27-31-23)16(14)38-8(2)34)43-15-11(5-25-29-21)41-19(28-32-24)18(40-10(4)36)17(15)39-9(3)35/h11-20H,5-6H2,1-4H3/t11-,12-,13-,14-,15-,16-,17+,18-,19-,20-/m1/s1. The SMILES string of the molecule is CC(=O)O[C@@H]1[C@@H](OC(C)=O)[C@H](N=[N+]=[N-])O[C@H](CN=[N+]=[N-])[C@H]1O[C@H]1O[C@H](CN=[N+]=[N-])[C@@H](OC(C)=O)[C@H](OC(C)=O)[C@H]1N=[N+]=[N-]. The van der Waals surface area contributed by atoms with Crippen molar-refractivity contribution in [3.63, 3.8) is 0 Å². The van der Waals surface area contributed by atoms with Crippen LogP contribution < -0.4 is 0 Å². The van der Waals surface area contributed by atoms with Gasteiger partial charge in [0.05, 0.1) is 19.2 Å². The zero-order valence-electron chi connectivity index (χ0n) is 23.0. The molecule has 2 aliphatic rings. The second kappa shape index (κ2) is 16.4. The lowest BCUT2D eigenvalue weighted by atomic mass is 9.94. The van der Waals surface area contributed by atoms with Crippen molar-refractivity contribution in [2.75, 3.05) is 13.1 Å². The van der Waals surface area contributed by atoms with Gasteiger partial charge in [0.25, 0.3) is 0 Å². The van der Waals surface area contributed by atoms with Gasteiger partial charge < -0.3 is 33.2 Å². The number of azide groups is 4. The minimum atomic E-state index is -1.75. The van der Waals surface area contributed by atoms with Crippen LogP contribution in [0.15, 0.2) is 20.5 Å². The van der Waals surface area contributed by atoms with Crippen molar-refractivity contribution in [1.29, 1.82) is 0 Å². The van der Waals surface area contributed by atoms with Gasteiger partial charge in [0, 0.05) is 47.3 Å². The van der Waals surface area contributed by atoms with Gasteiger partial charge in [0.2, 0.25) is 0 Å². The molecule has 2 heterocycles. The lowest BCUT2D eigenvalue weighted by Crippen LogP contribution is -2.65. The highest BCUT2D eigenvalue weighted by molar-refractivity contribution is 5.68. The first-order chi connectivity index (χ1) is 20.5. The summed E-state index contributed by atoms with van der Waals surface area (Å²) in [6.07, 6.45) is -13.9. The average molecular weight is 611 g/mol. The molecular formula is C20H26N12O11. The number of rotatable bonds is 12. The van der Waals surface area contributed by atoms with Crippen molar-refractivity contribution in [2.45, 2.75) is 89.0 Å². The molecule has 232 valence electrons. The summed E-state index contributed by atoms with van der Waals surface area (Å²) in [5.74, 6) is -3.56. The third-order valence-corrected chi connectivity index (χ3v) is 5.72. The molecule has 0 aromatic rings. The van der Waals surface area contributed by atoms with Crippen LogP contribution in [0.1, 0.15) is 27.7 Å². The second-order valence-corrected chi connectivity index (χ2v) is 8.73. The number of nitrogens with zero attached hydrogens (tertiary/aromatic N) is 12. The molecule has 0 spiro atoms. The lowest BCUT2D eigenvalue weighted by Gasteiger charge is -2.48. The maximum absolute atomic E-state index is 12.1. The first-order valence-electron chi connectivity index (χ1n) is 12.2. The molecule has 0 aromatic heterocycles. The minimum Gasteiger partial charge on any atom is -0.458 e. The first kappa shape index (κ1) is 34.2. The molecule has 0 saturated carbocycles. The molecule has 2 rings (SSSR count). The van der Waals surface area contributed by atoms with E-state index in [-0.39, 0.29) is 0 Å². The van der Waals surface area contributed by atoms with Gasteiger partial charge >= 0.3 is 23.9 Å². The van der Waals surface area contributed by atoms with Crippen LogP contribution >= 0.6 is 0 Å². The molecule has 23 heteroatoms.